The molecule has 1 aromatic carbocycles. The Morgan fingerprint density at radius 2 is 2.31 bits per heavy atom. The van der Waals surface area contributed by atoms with Gasteiger partial charge in [0.15, 0.2) is 0 Å². The number of nitrogens with two attached hydrogens (primary N) is 1. The van der Waals surface area contributed by atoms with Crippen molar-refractivity contribution >= 4 is 34.7 Å². The van der Waals surface area contributed by atoms with Crippen molar-refractivity contribution in [1.29, 1.82) is 0 Å². The number of nitrogens with one attached hydrogen (secondary N) is 1. The van der Waals surface area contributed by atoms with E-state index < -0.39 is 0 Å². The lowest BCUT2D eigenvalue weighted by Crippen LogP contribution is -2.17. The first-order valence-corrected chi connectivity index (χ1v) is 6.97. The van der Waals surface area contributed by atoms with Crippen LogP contribution in [0.3, 0.4) is 0 Å². The number of para-hydroxylation sites is 1. The quantitative estimate of drug-likeness (QED) is 0.808. The third kappa shape index (κ3) is 2.89. The average molecular weight is 252 g/mol. The molecule has 0 aromatic heterocycles. The van der Waals surface area contributed by atoms with Gasteiger partial charge in [-0.15, -0.1) is 0 Å². The summed E-state index contributed by atoms with van der Waals surface area (Å²) in [6.45, 7) is 1.00. The Labute approximate surface area is 106 Å². The van der Waals surface area contributed by atoms with E-state index in [4.69, 9.17) is 18.0 Å². The third-order valence-corrected chi connectivity index (χ3v) is 4.35. The van der Waals surface area contributed by atoms with Gasteiger partial charge in [0.2, 0.25) is 0 Å². The lowest BCUT2D eigenvalue weighted by molar-refractivity contribution is 0.805. The van der Waals surface area contributed by atoms with Crippen LogP contribution in [0.2, 0.25) is 0 Å². The monoisotopic (exact) mass is 252 g/mol. The maximum absolute atomic E-state index is 5.68. The molecule has 1 saturated heterocycles. The largest absolute Gasteiger partial charge is 0.389 e. The standard InChI is InChI=1S/C12H16N2S2/c13-12(15)10-5-1-2-6-11(10)14-8-9-4-3-7-16-9/h1-2,5-6,9,14H,3-4,7-8H2,(H2,13,15). The number of thioether (sulfide) groups is 1. The van der Waals surface area contributed by atoms with Crippen LogP contribution in [0.1, 0.15) is 18.4 Å². The minimum Gasteiger partial charge on any atom is -0.389 e. The fourth-order valence-corrected chi connectivity index (χ4v) is 3.26. The summed E-state index contributed by atoms with van der Waals surface area (Å²) in [6, 6.07) is 7.97. The lowest BCUT2D eigenvalue weighted by atomic mass is 10.1. The number of rotatable bonds is 4. The van der Waals surface area contributed by atoms with E-state index in [1.807, 2.05) is 36.0 Å². The van der Waals surface area contributed by atoms with Gasteiger partial charge in [-0.05, 0) is 30.7 Å². The van der Waals surface area contributed by atoms with Crippen molar-refractivity contribution in [3.63, 3.8) is 0 Å². The fourth-order valence-electron chi connectivity index (χ4n) is 1.88. The SMILES string of the molecule is NC(=S)c1ccccc1NCC1CCCS1. The summed E-state index contributed by atoms with van der Waals surface area (Å²) in [5, 5.41) is 4.18. The predicted molar refractivity (Wildman–Crippen MR) is 76.3 cm³/mol. The fraction of sp³-hybridized carbons (Fsp3) is 0.417. The third-order valence-electron chi connectivity index (χ3n) is 2.74. The van der Waals surface area contributed by atoms with Crippen molar-refractivity contribution in [1.82, 2.24) is 0 Å². The van der Waals surface area contributed by atoms with Crippen LogP contribution in [-0.4, -0.2) is 22.5 Å². The van der Waals surface area contributed by atoms with E-state index in [2.05, 4.69) is 5.32 Å². The molecule has 0 radical (unpaired) electrons. The van der Waals surface area contributed by atoms with E-state index in [-0.39, 0.29) is 0 Å². The first-order chi connectivity index (χ1) is 7.77. The lowest BCUT2D eigenvalue weighted by Gasteiger charge is -2.14. The zero-order chi connectivity index (χ0) is 11.4. The molecule has 1 heterocycles. The number of hydrogen-bond donors (Lipinski definition) is 2. The smallest absolute Gasteiger partial charge is 0.106 e. The number of anilines is 1. The zero-order valence-corrected chi connectivity index (χ0v) is 10.7. The number of thiocarbonyl (C=S) groups is 1. The van der Waals surface area contributed by atoms with Crippen molar-refractivity contribution in [2.24, 2.45) is 5.73 Å². The number of benzene rings is 1. The summed E-state index contributed by atoms with van der Waals surface area (Å²) in [4.78, 5) is 0.460. The minimum absolute atomic E-state index is 0.460. The van der Waals surface area contributed by atoms with Crippen LogP contribution in [0.5, 0.6) is 0 Å². The predicted octanol–water partition coefficient (Wildman–Crippen LogP) is 2.63. The molecule has 0 aliphatic carbocycles. The van der Waals surface area contributed by atoms with Gasteiger partial charge in [0.05, 0.1) is 0 Å². The highest BCUT2D eigenvalue weighted by molar-refractivity contribution is 8.00. The molecule has 4 heteroatoms. The molecule has 16 heavy (non-hydrogen) atoms. The molecule has 1 unspecified atom stereocenters. The molecule has 3 N–H and O–H groups in total. The van der Waals surface area contributed by atoms with E-state index in [0.29, 0.717) is 4.99 Å². The summed E-state index contributed by atoms with van der Waals surface area (Å²) in [5.41, 5.74) is 7.69. The molecule has 2 rings (SSSR count). The Morgan fingerprint density at radius 1 is 1.50 bits per heavy atom. The van der Waals surface area contributed by atoms with Gasteiger partial charge in [-0.25, -0.2) is 0 Å². The summed E-state index contributed by atoms with van der Waals surface area (Å²) >= 11 is 7.08. The van der Waals surface area contributed by atoms with E-state index >= 15 is 0 Å². The van der Waals surface area contributed by atoms with Gasteiger partial charge in [0.25, 0.3) is 0 Å². The van der Waals surface area contributed by atoms with Crippen LogP contribution in [0.15, 0.2) is 24.3 Å². The van der Waals surface area contributed by atoms with Gasteiger partial charge in [-0.2, -0.15) is 11.8 Å². The van der Waals surface area contributed by atoms with E-state index in [1.165, 1.54) is 18.6 Å². The van der Waals surface area contributed by atoms with Gasteiger partial charge in [-0.3, -0.25) is 0 Å². The second-order valence-electron chi connectivity index (χ2n) is 3.93. The van der Waals surface area contributed by atoms with Crippen LogP contribution in [-0.2, 0) is 0 Å². The van der Waals surface area contributed by atoms with Crippen LogP contribution < -0.4 is 11.1 Å². The molecule has 0 spiro atoms. The van der Waals surface area contributed by atoms with E-state index in [9.17, 15) is 0 Å². The van der Waals surface area contributed by atoms with Gasteiger partial charge in [0, 0.05) is 23.0 Å². The molecule has 1 fully saturated rings. The maximum atomic E-state index is 5.68. The summed E-state index contributed by atoms with van der Waals surface area (Å²) < 4.78 is 0. The average Bonchev–Trinajstić information content (AvgIpc) is 2.79. The highest BCUT2D eigenvalue weighted by atomic mass is 32.2. The highest BCUT2D eigenvalue weighted by Gasteiger charge is 2.15. The summed E-state index contributed by atoms with van der Waals surface area (Å²) in [7, 11) is 0. The van der Waals surface area contributed by atoms with Crippen LogP contribution in [0.25, 0.3) is 0 Å². The molecule has 1 atom stereocenters. The first kappa shape index (κ1) is 11.7. The molecule has 86 valence electrons. The Bertz CT molecular complexity index is 373. The van der Waals surface area contributed by atoms with Crippen molar-refractivity contribution in [3.8, 4) is 0 Å². The topological polar surface area (TPSA) is 38.0 Å². The van der Waals surface area contributed by atoms with Crippen molar-refractivity contribution in [2.75, 3.05) is 17.6 Å². The molecular formula is C12H16N2S2. The summed E-state index contributed by atoms with van der Waals surface area (Å²) in [5.74, 6) is 1.29. The summed E-state index contributed by atoms with van der Waals surface area (Å²) in [6.07, 6.45) is 2.65. The van der Waals surface area contributed by atoms with Crippen molar-refractivity contribution < 1.29 is 0 Å². The van der Waals surface area contributed by atoms with E-state index in [1.54, 1.807) is 0 Å². The second-order valence-corrected chi connectivity index (χ2v) is 5.77. The molecule has 0 amide bonds. The van der Waals surface area contributed by atoms with Gasteiger partial charge in [-0.1, -0.05) is 24.4 Å². The second kappa shape index (κ2) is 5.55. The molecule has 0 saturated carbocycles. The van der Waals surface area contributed by atoms with Gasteiger partial charge >= 0.3 is 0 Å². The molecule has 0 bridgehead atoms. The van der Waals surface area contributed by atoms with Crippen molar-refractivity contribution in [2.45, 2.75) is 18.1 Å². The van der Waals surface area contributed by atoms with Crippen LogP contribution >= 0.6 is 24.0 Å². The maximum Gasteiger partial charge on any atom is 0.106 e. The molecule has 1 aromatic rings. The molecule has 2 nitrogen and oxygen atoms in total. The van der Waals surface area contributed by atoms with Gasteiger partial charge in [0.1, 0.15) is 4.99 Å². The Kier molecular flexibility index (Phi) is 4.07. The van der Waals surface area contributed by atoms with Crippen LogP contribution in [0.4, 0.5) is 5.69 Å². The van der Waals surface area contributed by atoms with Gasteiger partial charge < -0.3 is 11.1 Å². The molecule has 1 aliphatic heterocycles. The Hall–Kier alpha value is -0.740. The number of hydrogen-bond acceptors (Lipinski definition) is 3. The Balaban J connectivity index is 2.00. The van der Waals surface area contributed by atoms with Crippen LogP contribution in [0, 0.1) is 0 Å². The zero-order valence-electron chi connectivity index (χ0n) is 9.11. The van der Waals surface area contributed by atoms with Crippen molar-refractivity contribution in [3.05, 3.63) is 29.8 Å². The molecule has 1 aliphatic rings. The Morgan fingerprint density at radius 3 is 3.00 bits per heavy atom. The minimum atomic E-state index is 0.460. The normalized spacial score (nSPS) is 19.6. The first-order valence-electron chi connectivity index (χ1n) is 5.51. The highest BCUT2D eigenvalue weighted by Crippen LogP contribution is 2.26. The molecular weight excluding hydrogens is 236 g/mol. The van der Waals surface area contributed by atoms with E-state index in [0.717, 1.165) is 23.0 Å².